The van der Waals surface area contributed by atoms with E-state index in [2.05, 4.69) is 15.3 Å². The Morgan fingerprint density at radius 1 is 1.12 bits per heavy atom. The van der Waals surface area contributed by atoms with Gasteiger partial charge >= 0.3 is 0 Å². The molecule has 136 valence electrons. The third kappa shape index (κ3) is 4.21. The molecule has 1 aromatic heterocycles. The zero-order valence-corrected chi connectivity index (χ0v) is 15.3. The van der Waals surface area contributed by atoms with Gasteiger partial charge in [-0.05, 0) is 39.0 Å². The van der Waals surface area contributed by atoms with Crippen LogP contribution in [0.1, 0.15) is 49.5 Å². The number of nitrogens with zero attached hydrogens (tertiary/aromatic N) is 4. The number of aromatic nitrogens is 2. The monoisotopic (exact) mass is 365 g/mol. The first-order chi connectivity index (χ1) is 12.1. The van der Waals surface area contributed by atoms with Crippen LogP contribution in [0.15, 0.2) is 6.20 Å². The Hall–Kier alpha value is -1.89. The summed E-state index contributed by atoms with van der Waals surface area (Å²) in [7, 11) is 0. The molecule has 0 spiro atoms. The molecule has 1 N–H and O–H groups in total. The standard InChI is InChI=1S/C17H24ClN5O2/c1-12(16(25)22-7-3-2-4-8-22)20-15(24)14-13(18)11-19-17(21-14)23-9-5-6-10-23/h11-12H,2-10H2,1H3,(H,20,24)/t12-/m1/s1. The Labute approximate surface area is 152 Å². The molecule has 0 unspecified atom stereocenters. The number of hydrogen-bond acceptors (Lipinski definition) is 5. The van der Waals surface area contributed by atoms with E-state index >= 15 is 0 Å². The van der Waals surface area contributed by atoms with Gasteiger partial charge in [0.05, 0.1) is 11.2 Å². The van der Waals surface area contributed by atoms with E-state index in [0.29, 0.717) is 5.95 Å². The Kier molecular flexibility index (Phi) is 5.73. The third-order valence-electron chi connectivity index (χ3n) is 4.72. The molecular weight excluding hydrogens is 342 g/mol. The minimum absolute atomic E-state index is 0.0574. The van der Waals surface area contributed by atoms with Crippen LogP contribution >= 0.6 is 11.6 Å². The van der Waals surface area contributed by atoms with Gasteiger partial charge in [-0.1, -0.05) is 11.6 Å². The number of hydrogen-bond donors (Lipinski definition) is 1. The van der Waals surface area contributed by atoms with E-state index in [0.717, 1.165) is 58.3 Å². The van der Waals surface area contributed by atoms with E-state index in [1.807, 2.05) is 9.80 Å². The summed E-state index contributed by atoms with van der Waals surface area (Å²) in [6.07, 6.45) is 6.82. The summed E-state index contributed by atoms with van der Waals surface area (Å²) in [6, 6.07) is -0.605. The van der Waals surface area contributed by atoms with Crippen molar-refractivity contribution < 1.29 is 9.59 Å². The number of likely N-dealkylation sites (tertiary alicyclic amines) is 1. The third-order valence-corrected chi connectivity index (χ3v) is 5.00. The summed E-state index contributed by atoms with van der Waals surface area (Å²) < 4.78 is 0. The lowest BCUT2D eigenvalue weighted by Gasteiger charge is -2.29. The highest BCUT2D eigenvalue weighted by Crippen LogP contribution is 2.20. The maximum Gasteiger partial charge on any atom is 0.272 e. The van der Waals surface area contributed by atoms with Gasteiger partial charge in [-0.25, -0.2) is 9.97 Å². The first kappa shape index (κ1) is 17.9. The average molecular weight is 366 g/mol. The number of amides is 2. The van der Waals surface area contributed by atoms with Crippen LogP contribution in [-0.2, 0) is 4.79 Å². The van der Waals surface area contributed by atoms with Crippen molar-refractivity contribution in [3.63, 3.8) is 0 Å². The van der Waals surface area contributed by atoms with Crippen molar-refractivity contribution in [1.82, 2.24) is 20.2 Å². The topological polar surface area (TPSA) is 78.4 Å². The van der Waals surface area contributed by atoms with Crippen LogP contribution in [0.2, 0.25) is 5.02 Å². The van der Waals surface area contributed by atoms with Crippen LogP contribution in [0.5, 0.6) is 0 Å². The second kappa shape index (κ2) is 7.99. The van der Waals surface area contributed by atoms with Crippen molar-refractivity contribution in [2.75, 3.05) is 31.1 Å². The number of piperidine rings is 1. The SMILES string of the molecule is C[C@@H](NC(=O)c1nc(N2CCCC2)ncc1Cl)C(=O)N1CCCCC1. The fraction of sp³-hybridized carbons (Fsp3) is 0.647. The highest BCUT2D eigenvalue weighted by Gasteiger charge is 2.26. The van der Waals surface area contributed by atoms with E-state index in [-0.39, 0.29) is 16.6 Å². The zero-order chi connectivity index (χ0) is 17.8. The number of nitrogens with one attached hydrogen (secondary N) is 1. The lowest BCUT2D eigenvalue weighted by molar-refractivity contribution is -0.133. The Bertz CT molecular complexity index is 642. The van der Waals surface area contributed by atoms with Crippen LogP contribution in [-0.4, -0.2) is 58.9 Å². The zero-order valence-electron chi connectivity index (χ0n) is 14.5. The molecule has 2 saturated heterocycles. The van der Waals surface area contributed by atoms with Gasteiger partial charge in [0, 0.05) is 26.2 Å². The van der Waals surface area contributed by atoms with Gasteiger partial charge in [-0.15, -0.1) is 0 Å². The molecule has 0 saturated carbocycles. The van der Waals surface area contributed by atoms with Crippen LogP contribution < -0.4 is 10.2 Å². The Balaban J connectivity index is 1.67. The molecule has 3 rings (SSSR count). The first-order valence-corrected chi connectivity index (χ1v) is 9.31. The van der Waals surface area contributed by atoms with Gasteiger partial charge in [0.25, 0.3) is 5.91 Å². The van der Waals surface area contributed by atoms with Crippen LogP contribution in [0.3, 0.4) is 0 Å². The van der Waals surface area contributed by atoms with E-state index in [1.165, 1.54) is 6.20 Å². The Morgan fingerprint density at radius 3 is 2.44 bits per heavy atom. The quantitative estimate of drug-likeness (QED) is 0.881. The fourth-order valence-corrected chi connectivity index (χ4v) is 3.48. The van der Waals surface area contributed by atoms with Gasteiger partial charge < -0.3 is 15.1 Å². The molecule has 0 radical (unpaired) electrons. The average Bonchev–Trinajstić information content (AvgIpc) is 3.16. The molecule has 1 aromatic rings. The predicted molar refractivity (Wildman–Crippen MR) is 95.8 cm³/mol. The summed E-state index contributed by atoms with van der Waals surface area (Å²) in [5.41, 5.74) is 0.122. The van der Waals surface area contributed by atoms with E-state index in [9.17, 15) is 9.59 Å². The number of rotatable bonds is 4. The summed E-state index contributed by atoms with van der Waals surface area (Å²) in [6.45, 7) is 4.98. The molecule has 7 nitrogen and oxygen atoms in total. The van der Waals surface area contributed by atoms with Gasteiger partial charge in [-0.2, -0.15) is 0 Å². The van der Waals surface area contributed by atoms with Gasteiger partial charge in [-0.3, -0.25) is 9.59 Å². The van der Waals surface area contributed by atoms with Gasteiger partial charge in [0.1, 0.15) is 6.04 Å². The van der Waals surface area contributed by atoms with Crippen molar-refractivity contribution in [2.45, 2.75) is 45.1 Å². The van der Waals surface area contributed by atoms with E-state index in [4.69, 9.17) is 11.6 Å². The summed E-state index contributed by atoms with van der Waals surface area (Å²) in [5, 5.41) is 2.92. The van der Waals surface area contributed by atoms with Gasteiger partial charge in [0.2, 0.25) is 11.9 Å². The molecule has 2 amide bonds. The summed E-state index contributed by atoms with van der Waals surface area (Å²) >= 11 is 6.11. The van der Waals surface area contributed by atoms with Crippen molar-refractivity contribution in [2.24, 2.45) is 0 Å². The molecule has 0 aromatic carbocycles. The Morgan fingerprint density at radius 2 is 1.76 bits per heavy atom. The molecule has 0 aliphatic carbocycles. The van der Waals surface area contributed by atoms with Crippen LogP contribution in [0, 0.1) is 0 Å². The van der Waals surface area contributed by atoms with E-state index < -0.39 is 11.9 Å². The lowest BCUT2D eigenvalue weighted by atomic mass is 10.1. The largest absolute Gasteiger partial charge is 0.341 e. The second-order valence-electron chi connectivity index (χ2n) is 6.64. The maximum atomic E-state index is 12.6. The molecule has 1 atom stereocenters. The molecule has 25 heavy (non-hydrogen) atoms. The summed E-state index contributed by atoms with van der Waals surface area (Å²) in [5.74, 6) is 0.0192. The number of carbonyl (C=O) groups is 2. The number of anilines is 1. The number of carbonyl (C=O) groups excluding carboxylic acids is 2. The highest BCUT2D eigenvalue weighted by molar-refractivity contribution is 6.33. The molecule has 3 heterocycles. The first-order valence-electron chi connectivity index (χ1n) is 8.93. The molecule has 8 heteroatoms. The molecule has 2 fully saturated rings. The van der Waals surface area contributed by atoms with Crippen molar-refractivity contribution in [1.29, 1.82) is 0 Å². The van der Waals surface area contributed by atoms with Gasteiger partial charge in [0.15, 0.2) is 5.69 Å². The minimum Gasteiger partial charge on any atom is -0.341 e. The molecular formula is C17H24ClN5O2. The summed E-state index contributed by atoms with van der Waals surface area (Å²) in [4.78, 5) is 37.4. The van der Waals surface area contributed by atoms with E-state index in [1.54, 1.807) is 6.92 Å². The molecule has 2 aliphatic rings. The minimum atomic E-state index is -0.605. The predicted octanol–water partition coefficient (Wildman–Crippen LogP) is 1.86. The second-order valence-corrected chi connectivity index (χ2v) is 7.05. The van der Waals surface area contributed by atoms with Crippen LogP contribution in [0.25, 0.3) is 0 Å². The van der Waals surface area contributed by atoms with Crippen molar-refractivity contribution >= 4 is 29.4 Å². The maximum absolute atomic E-state index is 12.6. The highest BCUT2D eigenvalue weighted by atomic mass is 35.5. The van der Waals surface area contributed by atoms with Crippen molar-refractivity contribution in [3.8, 4) is 0 Å². The molecule has 2 aliphatic heterocycles. The lowest BCUT2D eigenvalue weighted by Crippen LogP contribution is -2.48. The molecule has 0 bridgehead atoms. The number of halogens is 1. The van der Waals surface area contributed by atoms with Crippen LogP contribution in [0.4, 0.5) is 5.95 Å². The smallest absolute Gasteiger partial charge is 0.272 e. The van der Waals surface area contributed by atoms with Crippen molar-refractivity contribution in [3.05, 3.63) is 16.9 Å². The normalized spacial score (nSPS) is 19.0. The fourth-order valence-electron chi connectivity index (χ4n) is 3.30.